The van der Waals surface area contributed by atoms with Crippen molar-refractivity contribution in [2.45, 2.75) is 25.0 Å². The Morgan fingerprint density at radius 2 is 2.40 bits per heavy atom. The molecule has 0 saturated heterocycles. The van der Waals surface area contributed by atoms with E-state index in [1.807, 2.05) is 0 Å². The van der Waals surface area contributed by atoms with Gasteiger partial charge in [-0.1, -0.05) is 13.3 Å². The van der Waals surface area contributed by atoms with Crippen LogP contribution < -0.4 is 0 Å². The minimum absolute atomic E-state index is 0.0807. The summed E-state index contributed by atoms with van der Waals surface area (Å²) < 4.78 is 0. The van der Waals surface area contributed by atoms with Crippen molar-refractivity contribution in [1.29, 1.82) is 5.26 Å². The zero-order valence-electron chi connectivity index (χ0n) is 6.21. The molecule has 0 aliphatic carbocycles. The summed E-state index contributed by atoms with van der Waals surface area (Å²) >= 11 is 1.54. The summed E-state index contributed by atoms with van der Waals surface area (Å²) in [5.41, 5.74) is 0. The lowest BCUT2D eigenvalue weighted by Gasteiger charge is -2.03. The van der Waals surface area contributed by atoms with Crippen LogP contribution in [0.25, 0.3) is 0 Å². The largest absolute Gasteiger partial charge is 0.396 e. The van der Waals surface area contributed by atoms with Crippen LogP contribution in [0, 0.1) is 11.3 Å². The van der Waals surface area contributed by atoms with Crippen molar-refractivity contribution in [3.8, 4) is 6.07 Å². The Labute approximate surface area is 66.2 Å². The Morgan fingerprint density at radius 3 is 2.80 bits per heavy atom. The second-order valence-electron chi connectivity index (χ2n) is 2.00. The standard InChI is InChI=1S/C7H13NOS/c1-2-3-7(6-8)10-5-4-9/h7,9H,2-5H2,1H3/t7-/m0/s1. The lowest BCUT2D eigenvalue weighted by molar-refractivity contribution is 0.322. The number of nitrogens with zero attached hydrogens (tertiary/aromatic N) is 1. The molecule has 0 rings (SSSR count). The summed E-state index contributed by atoms with van der Waals surface area (Å²) in [4.78, 5) is 0. The van der Waals surface area contributed by atoms with E-state index in [0.717, 1.165) is 12.8 Å². The van der Waals surface area contributed by atoms with Crippen LogP contribution >= 0.6 is 11.8 Å². The smallest absolute Gasteiger partial charge is 0.0917 e. The number of thioether (sulfide) groups is 1. The number of hydrogen-bond donors (Lipinski definition) is 1. The first-order valence-corrected chi connectivity index (χ1v) is 4.52. The molecule has 0 spiro atoms. The van der Waals surface area contributed by atoms with Crippen molar-refractivity contribution in [2.75, 3.05) is 12.4 Å². The van der Waals surface area contributed by atoms with Crippen molar-refractivity contribution >= 4 is 11.8 Å². The van der Waals surface area contributed by atoms with Crippen molar-refractivity contribution in [3.05, 3.63) is 0 Å². The molecule has 0 fully saturated rings. The molecule has 0 aromatic carbocycles. The highest BCUT2D eigenvalue weighted by molar-refractivity contribution is 8.00. The molecule has 0 bridgehead atoms. The molecule has 2 nitrogen and oxygen atoms in total. The second kappa shape index (κ2) is 6.91. The maximum atomic E-state index is 8.53. The van der Waals surface area contributed by atoms with E-state index in [-0.39, 0.29) is 11.9 Å². The lowest BCUT2D eigenvalue weighted by atomic mass is 10.3. The van der Waals surface area contributed by atoms with Gasteiger partial charge in [-0.3, -0.25) is 0 Å². The molecule has 58 valence electrons. The molecule has 0 unspecified atom stereocenters. The van der Waals surface area contributed by atoms with Gasteiger partial charge in [0.05, 0.1) is 17.9 Å². The predicted molar refractivity (Wildman–Crippen MR) is 43.9 cm³/mol. The molecular formula is C7H13NOS. The van der Waals surface area contributed by atoms with Crippen LogP contribution in [-0.2, 0) is 0 Å². The number of rotatable bonds is 5. The van der Waals surface area contributed by atoms with E-state index in [0.29, 0.717) is 5.75 Å². The SMILES string of the molecule is CCC[C@@H](C#N)SCCO. The fraction of sp³-hybridized carbons (Fsp3) is 0.857. The summed E-state index contributed by atoms with van der Waals surface area (Å²) in [6.45, 7) is 2.23. The summed E-state index contributed by atoms with van der Waals surface area (Å²) in [6.07, 6.45) is 1.97. The number of aliphatic hydroxyl groups excluding tert-OH is 1. The van der Waals surface area contributed by atoms with E-state index in [1.165, 1.54) is 11.8 Å². The fourth-order valence-corrected chi connectivity index (χ4v) is 1.51. The van der Waals surface area contributed by atoms with Crippen molar-refractivity contribution in [3.63, 3.8) is 0 Å². The average molecular weight is 159 g/mol. The quantitative estimate of drug-likeness (QED) is 0.659. The minimum Gasteiger partial charge on any atom is -0.396 e. The highest BCUT2D eigenvalue weighted by atomic mass is 32.2. The molecule has 10 heavy (non-hydrogen) atoms. The van der Waals surface area contributed by atoms with E-state index in [9.17, 15) is 0 Å². The molecule has 0 aromatic rings. The fourth-order valence-electron chi connectivity index (χ4n) is 0.642. The highest BCUT2D eigenvalue weighted by Crippen LogP contribution is 2.14. The van der Waals surface area contributed by atoms with E-state index in [4.69, 9.17) is 10.4 Å². The van der Waals surface area contributed by atoms with Crippen molar-refractivity contribution in [2.24, 2.45) is 0 Å². The number of aliphatic hydroxyl groups is 1. The Balaban J connectivity index is 3.33. The Morgan fingerprint density at radius 1 is 1.70 bits per heavy atom. The lowest BCUT2D eigenvalue weighted by Crippen LogP contribution is -2.00. The summed E-state index contributed by atoms with van der Waals surface area (Å²) in [5, 5.41) is 17.1. The third-order valence-electron chi connectivity index (χ3n) is 1.11. The van der Waals surface area contributed by atoms with Gasteiger partial charge in [-0.25, -0.2) is 0 Å². The zero-order valence-corrected chi connectivity index (χ0v) is 7.02. The molecule has 1 atom stereocenters. The van der Waals surface area contributed by atoms with Gasteiger partial charge < -0.3 is 5.11 Å². The molecule has 0 heterocycles. The molecule has 0 aromatic heterocycles. The minimum atomic E-state index is 0.0807. The molecule has 0 radical (unpaired) electrons. The third-order valence-corrected chi connectivity index (χ3v) is 2.27. The van der Waals surface area contributed by atoms with Gasteiger partial charge in [0.25, 0.3) is 0 Å². The van der Waals surface area contributed by atoms with Crippen LogP contribution in [0.1, 0.15) is 19.8 Å². The second-order valence-corrected chi connectivity index (χ2v) is 3.31. The molecule has 0 saturated carbocycles. The summed E-state index contributed by atoms with van der Waals surface area (Å²) in [6, 6.07) is 2.19. The summed E-state index contributed by atoms with van der Waals surface area (Å²) in [5.74, 6) is 0.679. The molecule has 3 heteroatoms. The van der Waals surface area contributed by atoms with E-state index < -0.39 is 0 Å². The van der Waals surface area contributed by atoms with E-state index in [1.54, 1.807) is 0 Å². The van der Waals surface area contributed by atoms with Gasteiger partial charge in [-0.2, -0.15) is 5.26 Å². The average Bonchev–Trinajstić information content (AvgIpc) is 1.98. The maximum Gasteiger partial charge on any atom is 0.0917 e. The van der Waals surface area contributed by atoms with Gasteiger partial charge >= 0.3 is 0 Å². The van der Waals surface area contributed by atoms with Crippen LogP contribution in [0.2, 0.25) is 0 Å². The van der Waals surface area contributed by atoms with Crippen LogP contribution in [0.4, 0.5) is 0 Å². The molecule has 1 N–H and O–H groups in total. The van der Waals surface area contributed by atoms with Gasteiger partial charge in [0.15, 0.2) is 0 Å². The van der Waals surface area contributed by atoms with Crippen LogP contribution in [0.15, 0.2) is 0 Å². The number of nitriles is 1. The first kappa shape index (κ1) is 9.80. The van der Waals surface area contributed by atoms with E-state index in [2.05, 4.69) is 13.0 Å². The number of hydrogen-bond acceptors (Lipinski definition) is 3. The van der Waals surface area contributed by atoms with Crippen molar-refractivity contribution < 1.29 is 5.11 Å². The Hall–Kier alpha value is -0.200. The first-order chi connectivity index (χ1) is 4.85. The van der Waals surface area contributed by atoms with Crippen LogP contribution in [-0.4, -0.2) is 22.7 Å². The maximum absolute atomic E-state index is 8.53. The predicted octanol–water partition coefficient (Wildman–Crippen LogP) is 1.40. The monoisotopic (exact) mass is 159 g/mol. The Bertz CT molecular complexity index is 111. The van der Waals surface area contributed by atoms with Crippen molar-refractivity contribution in [1.82, 2.24) is 0 Å². The van der Waals surface area contributed by atoms with Gasteiger partial charge in [-0.05, 0) is 6.42 Å². The van der Waals surface area contributed by atoms with Crippen LogP contribution in [0.5, 0.6) is 0 Å². The summed E-state index contributed by atoms with van der Waals surface area (Å²) in [7, 11) is 0. The van der Waals surface area contributed by atoms with Gasteiger partial charge in [0.1, 0.15) is 0 Å². The van der Waals surface area contributed by atoms with E-state index >= 15 is 0 Å². The normalized spacial score (nSPS) is 12.5. The van der Waals surface area contributed by atoms with Gasteiger partial charge in [0.2, 0.25) is 0 Å². The third kappa shape index (κ3) is 4.66. The Kier molecular flexibility index (Phi) is 6.78. The van der Waals surface area contributed by atoms with Crippen LogP contribution in [0.3, 0.4) is 0 Å². The first-order valence-electron chi connectivity index (χ1n) is 3.47. The van der Waals surface area contributed by atoms with Gasteiger partial charge in [-0.15, -0.1) is 11.8 Å². The molecular weight excluding hydrogens is 146 g/mol. The molecule has 0 amide bonds. The zero-order chi connectivity index (χ0) is 7.82. The highest BCUT2D eigenvalue weighted by Gasteiger charge is 2.04. The molecule has 0 aliphatic rings. The molecule has 0 aliphatic heterocycles. The topological polar surface area (TPSA) is 44.0 Å². The van der Waals surface area contributed by atoms with Gasteiger partial charge in [0, 0.05) is 5.75 Å².